The van der Waals surface area contributed by atoms with Crippen molar-refractivity contribution >= 4 is 0 Å². The van der Waals surface area contributed by atoms with Crippen molar-refractivity contribution in [2.24, 2.45) is 5.92 Å². The highest BCUT2D eigenvalue weighted by Gasteiger charge is 2.34. The largest absolute Gasteiger partial charge is 0.416 e. The van der Waals surface area contributed by atoms with E-state index in [0.29, 0.717) is 19.2 Å². The van der Waals surface area contributed by atoms with Crippen molar-refractivity contribution in [2.45, 2.75) is 38.6 Å². The number of rotatable bonds is 3. The molecular formula is C15H19F4NO. The van der Waals surface area contributed by atoms with Gasteiger partial charge in [-0.2, -0.15) is 13.2 Å². The molecule has 6 heteroatoms. The van der Waals surface area contributed by atoms with Crippen molar-refractivity contribution < 1.29 is 22.7 Å². The molecule has 0 amide bonds. The number of benzene rings is 1. The summed E-state index contributed by atoms with van der Waals surface area (Å²) in [6, 6.07) is 2.64. The van der Waals surface area contributed by atoms with Crippen LogP contribution in [0.25, 0.3) is 0 Å². The summed E-state index contributed by atoms with van der Waals surface area (Å²) in [4.78, 5) is 1.95. The van der Waals surface area contributed by atoms with E-state index in [1.165, 1.54) is 6.07 Å². The zero-order valence-electron chi connectivity index (χ0n) is 12.0. The lowest BCUT2D eigenvalue weighted by Crippen LogP contribution is -2.33. The first-order valence-corrected chi connectivity index (χ1v) is 6.87. The molecule has 0 bridgehead atoms. The maximum Gasteiger partial charge on any atom is 0.416 e. The van der Waals surface area contributed by atoms with Gasteiger partial charge < -0.3 is 5.11 Å². The molecule has 2 nitrogen and oxygen atoms in total. The predicted octanol–water partition coefficient (Wildman–Crippen LogP) is 3.44. The normalized spacial score (nSPS) is 21.0. The van der Waals surface area contributed by atoms with Crippen molar-refractivity contribution in [3.05, 3.63) is 35.1 Å². The Bertz CT molecular complexity index is 507. The third-order valence-electron chi connectivity index (χ3n) is 4.05. The second-order valence-corrected chi connectivity index (χ2v) is 6.18. The molecule has 0 aliphatic carbocycles. The highest BCUT2D eigenvalue weighted by atomic mass is 19.4. The minimum absolute atomic E-state index is 0.0926. The molecule has 1 aliphatic heterocycles. The number of halogens is 4. The highest BCUT2D eigenvalue weighted by molar-refractivity contribution is 5.26. The van der Waals surface area contributed by atoms with Crippen LogP contribution >= 0.6 is 0 Å². The van der Waals surface area contributed by atoms with Crippen LogP contribution in [-0.2, 0) is 12.7 Å². The molecule has 1 N–H and O–H groups in total. The molecular weight excluding hydrogens is 286 g/mol. The van der Waals surface area contributed by atoms with Gasteiger partial charge in [0.25, 0.3) is 0 Å². The summed E-state index contributed by atoms with van der Waals surface area (Å²) in [7, 11) is 0. The number of likely N-dealkylation sites (tertiary alicyclic amines) is 1. The molecule has 21 heavy (non-hydrogen) atoms. The maximum atomic E-state index is 13.8. The minimum atomic E-state index is -4.53. The zero-order valence-corrected chi connectivity index (χ0v) is 12.0. The van der Waals surface area contributed by atoms with E-state index >= 15 is 0 Å². The summed E-state index contributed by atoms with van der Waals surface area (Å²) in [6.45, 7) is 5.05. The topological polar surface area (TPSA) is 23.5 Å². The van der Waals surface area contributed by atoms with E-state index in [9.17, 15) is 22.7 Å². The van der Waals surface area contributed by atoms with E-state index in [4.69, 9.17) is 0 Å². The van der Waals surface area contributed by atoms with Gasteiger partial charge in [0.05, 0.1) is 11.2 Å². The molecule has 0 radical (unpaired) electrons. The molecule has 1 heterocycles. The standard InChI is InChI=1S/C15H19F4NO/c1-14(2,21)12-5-6-20(9-12)8-10-3-4-11(7-13(10)16)15(17,18)19/h3-4,7,12,21H,5-6,8-9H2,1-2H3/t12-/m0/s1. The van der Waals surface area contributed by atoms with Crippen LogP contribution in [0.1, 0.15) is 31.4 Å². The van der Waals surface area contributed by atoms with E-state index < -0.39 is 23.2 Å². The van der Waals surface area contributed by atoms with E-state index in [1.807, 2.05) is 4.90 Å². The van der Waals surface area contributed by atoms with E-state index in [-0.39, 0.29) is 18.0 Å². The summed E-state index contributed by atoms with van der Waals surface area (Å²) in [6.07, 6.45) is -3.73. The van der Waals surface area contributed by atoms with Gasteiger partial charge in [-0.15, -0.1) is 0 Å². The number of hydrogen-bond donors (Lipinski definition) is 1. The smallest absolute Gasteiger partial charge is 0.390 e. The first kappa shape index (κ1) is 16.2. The van der Waals surface area contributed by atoms with Gasteiger partial charge in [0.2, 0.25) is 0 Å². The van der Waals surface area contributed by atoms with Crippen LogP contribution in [0.2, 0.25) is 0 Å². The Morgan fingerprint density at radius 2 is 1.95 bits per heavy atom. The lowest BCUT2D eigenvalue weighted by Gasteiger charge is -2.25. The van der Waals surface area contributed by atoms with E-state index in [0.717, 1.165) is 12.5 Å². The van der Waals surface area contributed by atoms with E-state index in [1.54, 1.807) is 13.8 Å². The summed E-state index contributed by atoms with van der Waals surface area (Å²) >= 11 is 0. The molecule has 1 atom stereocenters. The van der Waals surface area contributed by atoms with Crippen LogP contribution in [0.4, 0.5) is 17.6 Å². The Kier molecular flexibility index (Phi) is 4.31. The number of aliphatic hydroxyl groups is 1. The Morgan fingerprint density at radius 3 is 2.43 bits per heavy atom. The molecule has 1 aliphatic rings. The van der Waals surface area contributed by atoms with Crippen molar-refractivity contribution in [2.75, 3.05) is 13.1 Å². The highest BCUT2D eigenvalue weighted by Crippen LogP contribution is 2.31. The third-order valence-corrected chi connectivity index (χ3v) is 4.05. The molecule has 118 valence electrons. The first-order valence-electron chi connectivity index (χ1n) is 6.87. The monoisotopic (exact) mass is 305 g/mol. The maximum absolute atomic E-state index is 13.8. The fourth-order valence-electron chi connectivity index (χ4n) is 2.65. The Hall–Kier alpha value is -1.14. The van der Waals surface area contributed by atoms with E-state index in [2.05, 4.69) is 0 Å². The van der Waals surface area contributed by atoms with Gasteiger partial charge in [0, 0.05) is 24.6 Å². The van der Waals surface area contributed by atoms with Gasteiger partial charge in [-0.1, -0.05) is 6.07 Å². The molecule has 1 fully saturated rings. The van der Waals surface area contributed by atoms with Gasteiger partial charge in [-0.25, -0.2) is 4.39 Å². The van der Waals surface area contributed by atoms with Crippen LogP contribution in [-0.4, -0.2) is 28.7 Å². The Labute approximate surface area is 121 Å². The SMILES string of the molecule is CC(C)(O)[C@H]1CCN(Cc2ccc(C(F)(F)F)cc2F)C1. The molecule has 0 aromatic heterocycles. The summed E-state index contributed by atoms with van der Waals surface area (Å²) < 4.78 is 51.2. The molecule has 0 unspecified atom stereocenters. The summed E-state index contributed by atoms with van der Waals surface area (Å²) in [5.41, 5.74) is -1.52. The summed E-state index contributed by atoms with van der Waals surface area (Å²) in [5.74, 6) is -0.744. The first-order chi connectivity index (χ1) is 9.57. The Morgan fingerprint density at radius 1 is 1.29 bits per heavy atom. The fourth-order valence-corrected chi connectivity index (χ4v) is 2.65. The van der Waals surface area contributed by atoms with Crippen LogP contribution < -0.4 is 0 Å². The average Bonchev–Trinajstić information content (AvgIpc) is 2.78. The number of alkyl halides is 3. The molecule has 0 spiro atoms. The lowest BCUT2D eigenvalue weighted by molar-refractivity contribution is -0.137. The minimum Gasteiger partial charge on any atom is -0.390 e. The van der Waals surface area contributed by atoms with Crippen molar-refractivity contribution in [3.63, 3.8) is 0 Å². The van der Waals surface area contributed by atoms with Crippen molar-refractivity contribution in [1.29, 1.82) is 0 Å². The molecule has 1 aromatic carbocycles. The van der Waals surface area contributed by atoms with Gasteiger partial charge in [-0.3, -0.25) is 4.90 Å². The number of hydrogen-bond acceptors (Lipinski definition) is 2. The second-order valence-electron chi connectivity index (χ2n) is 6.18. The molecule has 0 saturated carbocycles. The van der Waals surface area contributed by atoms with Crippen molar-refractivity contribution in [3.8, 4) is 0 Å². The summed E-state index contributed by atoms with van der Waals surface area (Å²) in [5, 5.41) is 9.96. The predicted molar refractivity (Wildman–Crippen MR) is 71.1 cm³/mol. The van der Waals surface area contributed by atoms with Crippen LogP contribution in [0.3, 0.4) is 0 Å². The van der Waals surface area contributed by atoms with Gasteiger partial charge in [0.15, 0.2) is 0 Å². The van der Waals surface area contributed by atoms with Crippen LogP contribution in [0.5, 0.6) is 0 Å². The molecule has 1 aromatic rings. The van der Waals surface area contributed by atoms with Crippen LogP contribution in [0.15, 0.2) is 18.2 Å². The Balaban J connectivity index is 2.05. The zero-order chi connectivity index (χ0) is 15.8. The van der Waals surface area contributed by atoms with Crippen LogP contribution in [0, 0.1) is 11.7 Å². The van der Waals surface area contributed by atoms with Crippen molar-refractivity contribution in [1.82, 2.24) is 4.90 Å². The number of nitrogens with zero attached hydrogens (tertiary/aromatic N) is 1. The lowest BCUT2D eigenvalue weighted by atomic mass is 9.90. The average molecular weight is 305 g/mol. The van der Waals surface area contributed by atoms with Gasteiger partial charge >= 0.3 is 6.18 Å². The van der Waals surface area contributed by atoms with Gasteiger partial charge in [0.1, 0.15) is 5.82 Å². The molecule has 2 rings (SSSR count). The van der Waals surface area contributed by atoms with Gasteiger partial charge in [-0.05, 0) is 38.9 Å². The molecule has 1 saturated heterocycles. The third kappa shape index (κ3) is 3.95. The second kappa shape index (κ2) is 5.57. The quantitative estimate of drug-likeness (QED) is 0.865. The fraction of sp³-hybridized carbons (Fsp3) is 0.600.